The molecule has 10 heteroatoms. The normalized spacial score (nSPS) is 17.0. The molecule has 1 rings (SSSR count). The lowest BCUT2D eigenvalue weighted by molar-refractivity contribution is -0.139. The Morgan fingerprint density at radius 3 is 1.91 bits per heavy atom. The lowest BCUT2D eigenvalue weighted by atomic mass is 10.3. The zero-order chi connectivity index (χ0) is 17.3. The van der Waals surface area contributed by atoms with Crippen LogP contribution >= 0.6 is 0 Å². The Labute approximate surface area is 133 Å². The quantitative estimate of drug-likeness (QED) is 0.557. The molecular formula is C13H23F3N4O3. The van der Waals surface area contributed by atoms with E-state index in [4.69, 9.17) is 4.74 Å². The first-order chi connectivity index (χ1) is 10.8. The number of ether oxygens (including phenoxy) is 1. The van der Waals surface area contributed by atoms with Crippen LogP contribution < -0.4 is 10.6 Å². The fourth-order valence-electron chi connectivity index (χ4n) is 2.11. The van der Waals surface area contributed by atoms with E-state index in [-0.39, 0.29) is 19.0 Å². The molecule has 1 fully saturated rings. The highest BCUT2D eigenvalue weighted by Crippen LogP contribution is 2.12. The minimum Gasteiger partial charge on any atom is -0.383 e. The van der Waals surface area contributed by atoms with Crippen LogP contribution in [0.15, 0.2) is 0 Å². The maximum Gasteiger partial charge on any atom is 0.405 e. The summed E-state index contributed by atoms with van der Waals surface area (Å²) in [7, 11) is 1.55. The number of carbonyl (C=O) groups excluding carboxylic acids is 2. The number of amides is 2. The number of halogens is 3. The largest absolute Gasteiger partial charge is 0.405 e. The van der Waals surface area contributed by atoms with Crippen molar-refractivity contribution in [2.45, 2.75) is 6.18 Å². The van der Waals surface area contributed by atoms with Crippen LogP contribution in [0.5, 0.6) is 0 Å². The van der Waals surface area contributed by atoms with Crippen LogP contribution in [0.25, 0.3) is 0 Å². The van der Waals surface area contributed by atoms with Gasteiger partial charge in [-0.15, -0.1) is 0 Å². The number of rotatable bonds is 8. The van der Waals surface area contributed by atoms with E-state index in [9.17, 15) is 22.8 Å². The summed E-state index contributed by atoms with van der Waals surface area (Å²) in [5.74, 6) is -0.744. The van der Waals surface area contributed by atoms with Crippen molar-refractivity contribution in [3.8, 4) is 0 Å². The van der Waals surface area contributed by atoms with Crippen LogP contribution in [0.1, 0.15) is 0 Å². The second kappa shape index (κ2) is 9.68. The molecule has 1 aliphatic heterocycles. The maximum absolute atomic E-state index is 12.0. The van der Waals surface area contributed by atoms with Crippen LogP contribution in [0.4, 0.5) is 13.2 Å². The Morgan fingerprint density at radius 2 is 1.48 bits per heavy atom. The van der Waals surface area contributed by atoms with Gasteiger partial charge in [-0.1, -0.05) is 0 Å². The van der Waals surface area contributed by atoms with Crippen molar-refractivity contribution in [1.82, 2.24) is 20.4 Å². The second-order valence-corrected chi connectivity index (χ2v) is 5.29. The van der Waals surface area contributed by atoms with E-state index in [1.807, 2.05) is 10.2 Å². The predicted octanol–water partition coefficient (Wildman–Crippen LogP) is -0.955. The molecule has 0 spiro atoms. The number of carbonyl (C=O) groups is 2. The first-order valence-corrected chi connectivity index (χ1v) is 7.34. The fraction of sp³-hybridized carbons (Fsp3) is 0.846. The summed E-state index contributed by atoms with van der Waals surface area (Å²) >= 11 is 0. The molecule has 0 aromatic heterocycles. The average molecular weight is 340 g/mol. The van der Waals surface area contributed by atoms with Crippen molar-refractivity contribution in [3.05, 3.63) is 0 Å². The van der Waals surface area contributed by atoms with Gasteiger partial charge in [-0.25, -0.2) is 0 Å². The molecule has 134 valence electrons. The molecule has 7 nitrogen and oxygen atoms in total. The lowest BCUT2D eigenvalue weighted by Gasteiger charge is -2.33. The average Bonchev–Trinajstić information content (AvgIpc) is 2.47. The van der Waals surface area contributed by atoms with E-state index in [1.165, 1.54) is 0 Å². The second-order valence-electron chi connectivity index (χ2n) is 5.29. The van der Waals surface area contributed by atoms with Crippen molar-refractivity contribution < 1.29 is 27.5 Å². The number of methoxy groups -OCH3 is 1. The highest BCUT2D eigenvalue weighted by atomic mass is 19.4. The summed E-state index contributed by atoms with van der Waals surface area (Å²) in [6.45, 7) is 2.03. The standard InChI is InChI=1S/C13H23F3N4O3/c1-23-7-2-17-11(21)8-19-3-5-20(6-4-19)9-12(22)18-10-13(14,15)16/h2-10H2,1H3,(H,17,21)(H,18,22). The smallest absolute Gasteiger partial charge is 0.383 e. The Balaban J connectivity index is 2.17. The Bertz CT molecular complexity index is 385. The first-order valence-electron chi connectivity index (χ1n) is 7.34. The number of alkyl halides is 3. The molecule has 0 bridgehead atoms. The highest BCUT2D eigenvalue weighted by Gasteiger charge is 2.28. The van der Waals surface area contributed by atoms with Crippen molar-refractivity contribution in [2.24, 2.45) is 0 Å². The van der Waals surface area contributed by atoms with Crippen LogP contribution in [0.3, 0.4) is 0 Å². The van der Waals surface area contributed by atoms with Crippen LogP contribution in [0.2, 0.25) is 0 Å². The van der Waals surface area contributed by atoms with Gasteiger partial charge >= 0.3 is 6.18 Å². The van der Waals surface area contributed by atoms with Gasteiger partial charge in [0.05, 0.1) is 19.7 Å². The van der Waals surface area contributed by atoms with E-state index >= 15 is 0 Å². The topological polar surface area (TPSA) is 73.9 Å². The predicted molar refractivity (Wildman–Crippen MR) is 76.8 cm³/mol. The molecule has 0 unspecified atom stereocenters. The van der Waals surface area contributed by atoms with Gasteiger partial charge in [-0.05, 0) is 0 Å². The van der Waals surface area contributed by atoms with Crippen molar-refractivity contribution in [2.75, 3.05) is 66.1 Å². The van der Waals surface area contributed by atoms with Gasteiger partial charge in [0.1, 0.15) is 6.54 Å². The third-order valence-electron chi connectivity index (χ3n) is 3.31. The minimum absolute atomic E-state index is 0.0655. The van der Waals surface area contributed by atoms with Gasteiger partial charge in [0, 0.05) is 39.8 Å². The van der Waals surface area contributed by atoms with Gasteiger partial charge in [-0.2, -0.15) is 13.2 Å². The monoisotopic (exact) mass is 340 g/mol. The molecule has 0 radical (unpaired) electrons. The molecule has 0 aliphatic carbocycles. The van der Waals surface area contributed by atoms with Crippen LogP contribution in [-0.4, -0.2) is 93.9 Å². The maximum atomic E-state index is 12.0. The zero-order valence-electron chi connectivity index (χ0n) is 13.1. The Morgan fingerprint density at radius 1 is 1.00 bits per heavy atom. The zero-order valence-corrected chi connectivity index (χ0v) is 13.1. The third kappa shape index (κ3) is 9.36. The molecule has 1 aliphatic rings. The lowest BCUT2D eigenvalue weighted by Crippen LogP contribution is -2.52. The van der Waals surface area contributed by atoms with E-state index in [2.05, 4.69) is 5.32 Å². The summed E-state index contributed by atoms with van der Waals surface area (Å²) in [6, 6.07) is 0. The molecule has 2 N–H and O–H groups in total. The number of hydrogen-bond acceptors (Lipinski definition) is 5. The first kappa shape index (κ1) is 19.7. The highest BCUT2D eigenvalue weighted by molar-refractivity contribution is 5.78. The summed E-state index contributed by atoms with van der Waals surface area (Å²) in [4.78, 5) is 26.8. The van der Waals surface area contributed by atoms with E-state index in [1.54, 1.807) is 12.0 Å². The number of nitrogens with zero attached hydrogens (tertiary/aromatic N) is 2. The summed E-state index contributed by atoms with van der Waals surface area (Å²) in [6.07, 6.45) is -4.40. The third-order valence-corrected chi connectivity index (χ3v) is 3.31. The minimum atomic E-state index is -4.40. The molecule has 1 heterocycles. The van der Waals surface area contributed by atoms with Gasteiger partial charge in [-0.3, -0.25) is 19.4 Å². The van der Waals surface area contributed by atoms with Crippen LogP contribution in [-0.2, 0) is 14.3 Å². The summed E-state index contributed by atoms with van der Waals surface area (Å²) in [5.41, 5.74) is 0. The molecule has 0 atom stereocenters. The molecule has 0 saturated carbocycles. The summed E-state index contributed by atoms with van der Waals surface area (Å²) in [5, 5.41) is 4.56. The fourth-order valence-corrected chi connectivity index (χ4v) is 2.11. The van der Waals surface area contributed by atoms with Gasteiger partial charge in [0.25, 0.3) is 0 Å². The number of hydrogen-bond donors (Lipinski definition) is 2. The van der Waals surface area contributed by atoms with E-state index in [0.717, 1.165) is 0 Å². The van der Waals surface area contributed by atoms with Crippen molar-refractivity contribution >= 4 is 11.8 Å². The van der Waals surface area contributed by atoms with E-state index < -0.39 is 18.6 Å². The van der Waals surface area contributed by atoms with Gasteiger partial charge < -0.3 is 15.4 Å². The Hall–Kier alpha value is -1.39. The SMILES string of the molecule is COCCNC(=O)CN1CCN(CC(=O)NCC(F)(F)F)CC1. The molecule has 2 amide bonds. The number of piperazine rings is 1. The van der Waals surface area contributed by atoms with Gasteiger partial charge in [0.2, 0.25) is 11.8 Å². The number of nitrogens with one attached hydrogen (secondary N) is 2. The molecule has 23 heavy (non-hydrogen) atoms. The van der Waals surface area contributed by atoms with Crippen molar-refractivity contribution in [3.63, 3.8) is 0 Å². The van der Waals surface area contributed by atoms with Crippen LogP contribution in [0, 0.1) is 0 Å². The van der Waals surface area contributed by atoms with Crippen molar-refractivity contribution in [1.29, 1.82) is 0 Å². The summed E-state index contributed by atoms with van der Waals surface area (Å²) < 4.78 is 40.8. The van der Waals surface area contributed by atoms with E-state index in [0.29, 0.717) is 39.3 Å². The van der Waals surface area contributed by atoms with Gasteiger partial charge in [0.15, 0.2) is 0 Å². The molecular weight excluding hydrogens is 317 g/mol. The molecule has 1 saturated heterocycles. The Kier molecular flexibility index (Phi) is 8.28. The molecule has 0 aromatic rings. The molecule has 0 aromatic carbocycles.